The van der Waals surface area contributed by atoms with Crippen molar-refractivity contribution >= 4 is 22.9 Å². The summed E-state index contributed by atoms with van der Waals surface area (Å²) in [5.41, 5.74) is 1.66. The maximum atomic E-state index is 5.22. The first-order valence-corrected chi connectivity index (χ1v) is 5.25. The van der Waals surface area contributed by atoms with Gasteiger partial charge >= 0.3 is 0 Å². The number of hydrogen-bond acceptors (Lipinski definition) is 4. The molecular weight excluding hydrogens is 210 g/mol. The molecule has 0 amide bonds. The van der Waals surface area contributed by atoms with E-state index >= 15 is 0 Å². The van der Waals surface area contributed by atoms with Crippen molar-refractivity contribution in [1.29, 1.82) is 0 Å². The van der Waals surface area contributed by atoms with Gasteiger partial charge in [-0.2, -0.15) is 0 Å². The van der Waals surface area contributed by atoms with Gasteiger partial charge in [-0.05, 0) is 36.0 Å². The third-order valence-corrected chi connectivity index (χ3v) is 2.75. The van der Waals surface area contributed by atoms with Crippen LogP contribution in [-0.4, -0.2) is 15.0 Å². The Morgan fingerprint density at radius 1 is 1.27 bits per heavy atom. The number of nitrogens with zero attached hydrogens (tertiary/aromatic N) is 2. The summed E-state index contributed by atoms with van der Waals surface area (Å²) in [4.78, 5) is 11.6. The second-order valence-electron chi connectivity index (χ2n) is 2.95. The van der Waals surface area contributed by atoms with Gasteiger partial charge in [0, 0.05) is 6.20 Å². The molecule has 0 atom stereocenters. The standard InChI is InChI=1S/C10H7N3OS/c1-3-7-9(11-5-1)13-10(12-7)15-8-4-2-6-14-8/h1-6H,(H,11,12,13). The Bertz CT molecular complexity index is 540. The topological polar surface area (TPSA) is 54.7 Å². The van der Waals surface area contributed by atoms with Gasteiger partial charge in [0.05, 0.1) is 11.8 Å². The van der Waals surface area contributed by atoms with Crippen LogP contribution in [0, 0.1) is 0 Å². The number of fused-ring (bicyclic) bond motifs is 1. The first-order chi connectivity index (χ1) is 7.42. The lowest BCUT2D eigenvalue weighted by molar-refractivity contribution is 0.474. The van der Waals surface area contributed by atoms with E-state index in [1.54, 1.807) is 12.5 Å². The Morgan fingerprint density at radius 3 is 3.07 bits per heavy atom. The van der Waals surface area contributed by atoms with Crippen molar-refractivity contribution in [3.8, 4) is 0 Å². The van der Waals surface area contributed by atoms with E-state index < -0.39 is 0 Å². The molecule has 3 aromatic rings. The zero-order valence-corrected chi connectivity index (χ0v) is 8.49. The highest BCUT2D eigenvalue weighted by molar-refractivity contribution is 7.99. The van der Waals surface area contributed by atoms with Gasteiger partial charge in [0.15, 0.2) is 15.9 Å². The summed E-state index contributed by atoms with van der Waals surface area (Å²) < 4.78 is 5.22. The van der Waals surface area contributed by atoms with Gasteiger partial charge in [0.1, 0.15) is 0 Å². The fourth-order valence-electron chi connectivity index (χ4n) is 1.29. The number of hydrogen-bond donors (Lipinski definition) is 1. The lowest BCUT2D eigenvalue weighted by atomic mass is 10.4. The molecule has 0 aromatic carbocycles. The Kier molecular flexibility index (Phi) is 1.96. The van der Waals surface area contributed by atoms with E-state index in [0.717, 1.165) is 21.4 Å². The largest absolute Gasteiger partial charge is 0.458 e. The van der Waals surface area contributed by atoms with Crippen molar-refractivity contribution in [3.05, 3.63) is 36.7 Å². The van der Waals surface area contributed by atoms with E-state index in [-0.39, 0.29) is 0 Å². The van der Waals surface area contributed by atoms with Crippen LogP contribution < -0.4 is 0 Å². The number of nitrogens with one attached hydrogen (secondary N) is 1. The molecule has 1 N–H and O–H groups in total. The number of imidazole rings is 1. The second kappa shape index (κ2) is 3.43. The van der Waals surface area contributed by atoms with E-state index in [1.807, 2.05) is 24.3 Å². The molecule has 5 heteroatoms. The average Bonchev–Trinajstić information content (AvgIpc) is 2.86. The van der Waals surface area contributed by atoms with E-state index in [0.29, 0.717) is 0 Å². The monoisotopic (exact) mass is 217 g/mol. The van der Waals surface area contributed by atoms with Crippen molar-refractivity contribution < 1.29 is 4.42 Å². The van der Waals surface area contributed by atoms with Crippen molar-refractivity contribution in [2.24, 2.45) is 0 Å². The Hall–Kier alpha value is -1.75. The lowest BCUT2D eigenvalue weighted by Crippen LogP contribution is -1.73. The van der Waals surface area contributed by atoms with Crippen LogP contribution in [0.5, 0.6) is 0 Å². The summed E-state index contributed by atoms with van der Waals surface area (Å²) >= 11 is 1.45. The van der Waals surface area contributed by atoms with Crippen LogP contribution in [0.2, 0.25) is 0 Å². The van der Waals surface area contributed by atoms with Crippen LogP contribution in [-0.2, 0) is 0 Å². The van der Waals surface area contributed by atoms with Crippen LogP contribution in [0.3, 0.4) is 0 Å². The number of H-pyrrole nitrogens is 1. The van der Waals surface area contributed by atoms with Crippen LogP contribution in [0.25, 0.3) is 11.2 Å². The molecule has 4 nitrogen and oxygen atoms in total. The molecule has 74 valence electrons. The minimum absolute atomic E-state index is 0.728. The highest BCUT2D eigenvalue weighted by atomic mass is 32.2. The van der Waals surface area contributed by atoms with Gasteiger partial charge in [-0.3, -0.25) is 0 Å². The van der Waals surface area contributed by atoms with E-state index in [9.17, 15) is 0 Å². The molecule has 0 aliphatic rings. The Balaban J connectivity index is 1.98. The molecule has 0 saturated heterocycles. The maximum absolute atomic E-state index is 5.22. The number of furan rings is 1. The smallest absolute Gasteiger partial charge is 0.178 e. The van der Waals surface area contributed by atoms with Crippen molar-refractivity contribution in [2.75, 3.05) is 0 Å². The normalized spacial score (nSPS) is 10.9. The molecule has 0 spiro atoms. The summed E-state index contributed by atoms with van der Waals surface area (Å²) in [5, 5.41) is 1.60. The predicted molar refractivity (Wildman–Crippen MR) is 56.7 cm³/mol. The first-order valence-electron chi connectivity index (χ1n) is 4.44. The Labute approximate surface area is 89.7 Å². The molecule has 3 aromatic heterocycles. The second-order valence-corrected chi connectivity index (χ2v) is 3.94. The van der Waals surface area contributed by atoms with E-state index in [4.69, 9.17) is 4.42 Å². The van der Waals surface area contributed by atoms with Gasteiger partial charge in [-0.1, -0.05) is 0 Å². The zero-order valence-electron chi connectivity index (χ0n) is 7.68. The number of rotatable bonds is 2. The van der Waals surface area contributed by atoms with E-state index in [1.165, 1.54) is 11.8 Å². The maximum Gasteiger partial charge on any atom is 0.178 e. The molecule has 0 unspecified atom stereocenters. The molecule has 0 fully saturated rings. The SMILES string of the molecule is c1coc(Sc2nc3ncccc3[nH]2)c1. The minimum Gasteiger partial charge on any atom is -0.458 e. The van der Waals surface area contributed by atoms with E-state index in [2.05, 4.69) is 15.0 Å². The van der Waals surface area contributed by atoms with Crippen LogP contribution in [0.4, 0.5) is 0 Å². The van der Waals surface area contributed by atoms with Crippen LogP contribution in [0.15, 0.2) is 51.4 Å². The zero-order chi connectivity index (χ0) is 10.1. The number of aromatic amines is 1. The molecular formula is C10H7N3OS. The van der Waals surface area contributed by atoms with Crippen LogP contribution >= 0.6 is 11.8 Å². The van der Waals surface area contributed by atoms with Crippen molar-refractivity contribution in [3.63, 3.8) is 0 Å². The molecule has 15 heavy (non-hydrogen) atoms. The molecule has 0 saturated carbocycles. The lowest BCUT2D eigenvalue weighted by Gasteiger charge is -1.88. The van der Waals surface area contributed by atoms with Gasteiger partial charge < -0.3 is 9.40 Å². The predicted octanol–water partition coefficient (Wildman–Crippen LogP) is 2.70. The summed E-state index contributed by atoms with van der Waals surface area (Å²) in [6, 6.07) is 7.57. The molecule has 0 bridgehead atoms. The molecule has 3 heterocycles. The number of aromatic nitrogens is 3. The fourth-order valence-corrected chi connectivity index (χ4v) is 2.02. The highest BCUT2D eigenvalue weighted by Gasteiger charge is 2.05. The van der Waals surface area contributed by atoms with Gasteiger partial charge in [-0.25, -0.2) is 9.97 Å². The Morgan fingerprint density at radius 2 is 2.27 bits per heavy atom. The van der Waals surface area contributed by atoms with Crippen LogP contribution in [0.1, 0.15) is 0 Å². The molecule has 3 rings (SSSR count). The average molecular weight is 217 g/mol. The number of pyridine rings is 1. The molecule has 0 aliphatic heterocycles. The molecule has 0 aliphatic carbocycles. The first kappa shape index (κ1) is 8.55. The van der Waals surface area contributed by atoms with Gasteiger partial charge in [0.25, 0.3) is 0 Å². The van der Waals surface area contributed by atoms with Gasteiger partial charge in [-0.15, -0.1) is 0 Å². The summed E-state index contributed by atoms with van der Waals surface area (Å²) in [5.74, 6) is 0. The van der Waals surface area contributed by atoms with Crippen molar-refractivity contribution in [2.45, 2.75) is 10.2 Å². The third kappa shape index (κ3) is 1.61. The third-order valence-electron chi connectivity index (χ3n) is 1.93. The van der Waals surface area contributed by atoms with Crippen molar-refractivity contribution in [1.82, 2.24) is 15.0 Å². The summed E-state index contributed by atoms with van der Waals surface area (Å²) in [6.07, 6.45) is 3.37. The minimum atomic E-state index is 0.728. The fraction of sp³-hybridized carbons (Fsp3) is 0. The summed E-state index contributed by atoms with van der Waals surface area (Å²) in [6.45, 7) is 0. The summed E-state index contributed by atoms with van der Waals surface area (Å²) in [7, 11) is 0. The molecule has 0 radical (unpaired) electrons. The van der Waals surface area contributed by atoms with Gasteiger partial charge in [0.2, 0.25) is 0 Å². The highest BCUT2D eigenvalue weighted by Crippen LogP contribution is 2.26. The quantitative estimate of drug-likeness (QED) is 0.717.